The summed E-state index contributed by atoms with van der Waals surface area (Å²) in [5.74, 6) is 0.182. The van der Waals surface area contributed by atoms with E-state index < -0.39 is 0 Å². The van der Waals surface area contributed by atoms with E-state index in [-0.39, 0.29) is 11.9 Å². The largest absolute Gasteiger partial charge is 0.333 e. The highest BCUT2D eigenvalue weighted by atomic mass is 16.2. The summed E-state index contributed by atoms with van der Waals surface area (Å²) in [6.07, 6.45) is 9.17. The first kappa shape index (κ1) is 17.7. The zero-order valence-corrected chi connectivity index (χ0v) is 15.1. The average molecular weight is 334 g/mol. The van der Waals surface area contributed by atoms with Crippen LogP contribution in [0.25, 0.3) is 0 Å². The van der Waals surface area contributed by atoms with Gasteiger partial charge in [0.2, 0.25) is 0 Å². The molecule has 1 unspecified atom stereocenters. The summed E-state index contributed by atoms with van der Waals surface area (Å²) in [4.78, 5) is 15.4. The summed E-state index contributed by atoms with van der Waals surface area (Å²) in [7, 11) is 0. The second-order valence-electron chi connectivity index (χ2n) is 7.07. The molecule has 0 N–H and O–H groups in total. The number of amides is 1. The van der Waals surface area contributed by atoms with Gasteiger partial charge in [-0.25, -0.2) is 0 Å². The van der Waals surface area contributed by atoms with E-state index in [9.17, 15) is 4.79 Å². The van der Waals surface area contributed by atoms with Gasteiger partial charge in [-0.3, -0.25) is 4.79 Å². The van der Waals surface area contributed by atoms with Gasteiger partial charge in [-0.2, -0.15) is 0 Å². The van der Waals surface area contributed by atoms with Gasteiger partial charge >= 0.3 is 0 Å². The molecular formula is C23H28NO. The lowest BCUT2D eigenvalue weighted by molar-refractivity contribution is 0.0533. The quantitative estimate of drug-likeness (QED) is 0.684. The molecule has 1 amide bonds. The summed E-state index contributed by atoms with van der Waals surface area (Å²) < 4.78 is 0. The van der Waals surface area contributed by atoms with E-state index in [1.54, 1.807) is 0 Å². The Kier molecular flexibility index (Phi) is 6.27. The predicted molar refractivity (Wildman–Crippen MR) is 103 cm³/mol. The fourth-order valence-corrected chi connectivity index (χ4v) is 3.82. The first-order valence-corrected chi connectivity index (χ1v) is 9.51. The summed E-state index contributed by atoms with van der Waals surface area (Å²) in [5, 5.41) is 0. The van der Waals surface area contributed by atoms with Crippen LogP contribution in [0.4, 0.5) is 0 Å². The molecule has 25 heavy (non-hydrogen) atoms. The maximum absolute atomic E-state index is 13.2. The van der Waals surface area contributed by atoms with Crippen molar-refractivity contribution in [3.8, 4) is 0 Å². The molecule has 0 heterocycles. The standard InChI is InChI=1S/C23H28NO/c1-19(17-18-20-11-5-2-6-12-20)24(22-15-9-4-10-16-22)23(25)21-13-7-3-8-14-21/h2-3,5-8,11-14,18-19,22H,4,9-10,15-17H2,1H3. The summed E-state index contributed by atoms with van der Waals surface area (Å²) in [6.45, 7) is 2.19. The van der Waals surface area contributed by atoms with Gasteiger partial charge in [0, 0.05) is 17.6 Å². The molecule has 0 bridgehead atoms. The lowest BCUT2D eigenvalue weighted by Gasteiger charge is -2.39. The molecule has 2 aromatic rings. The van der Waals surface area contributed by atoms with E-state index >= 15 is 0 Å². The van der Waals surface area contributed by atoms with Crippen LogP contribution >= 0.6 is 0 Å². The molecule has 0 spiro atoms. The maximum Gasteiger partial charge on any atom is 0.254 e. The SMILES string of the molecule is CC(C[CH]c1ccccc1)N(C(=O)c1ccccc1)C1CCCCC1. The highest BCUT2D eigenvalue weighted by molar-refractivity contribution is 5.94. The number of carbonyl (C=O) groups excluding carboxylic acids is 1. The number of nitrogens with zero attached hydrogens (tertiary/aromatic N) is 1. The van der Waals surface area contributed by atoms with Crippen molar-refractivity contribution in [3.63, 3.8) is 0 Å². The highest BCUT2D eigenvalue weighted by Gasteiger charge is 2.29. The van der Waals surface area contributed by atoms with Crippen molar-refractivity contribution in [2.45, 2.75) is 57.5 Å². The first-order chi connectivity index (χ1) is 12.3. The Hall–Kier alpha value is -2.09. The Morgan fingerprint density at radius 3 is 2.24 bits per heavy atom. The number of hydrogen-bond donors (Lipinski definition) is 0. The molecule has 1 radical (unpaired) electrons. The predicted octanol–water partition coefficient (Wildman–Crippen LogP) is 5.49. The zero-order valence-electron chi connectivity index (χ0n) is 15.1. The van der Waals surface area contributed by atoms with Crippen LogP contribution in [0.15, 0.2) is 60.7 Å². The van der Waals surface area contributed by atoms with Crippen LogP contribution in [0, 0.1) is 6.42 Å². The van der Waals surface area contributed by atoms with Gasteiger partial charge in [0.1, 0.15) is 0 Å². The van der Waals surface area contributed by atoms with Crippen molar-refractivity contribution in [1.29, 1.82) is 0 Å². The minimum atomic E-state index is 0.182. The highest BCUT2D eigenvalue weighted by Crippen LogP contribution is 2.27. The van der Waals surface area contributed by atoms with Gasteiger partial charge in [0.15, 0.2) is 0 Å². The van der Waals surface area contributed by atoms with Gasteiger partial charge in [-0.1, -0.05) is 67.8 Å². The van der Waals surface area contributed by atoms with Crippen LogP contribution in [0.1, 0.15) is 61.4 Å². The Balaban J connectivity index is 1.74. The fraction of sp³-hybridized carbons (Fsp3) is 0.391. The topological polar surface area (TPSA) is 20.3 Å². The molecule has 1 aliphatic carbocycles. The third-order valence-electron chi connectivity index (χ3n) is 5.19. The van der Waals surface area contributed by atoms with Gasteiger partial charge in [0.25, 0.3) is 5.91 Å². The zero-order chi connectivity index (χ0) is 17.5. The molecular weight excluding hydrogens is 306 g/mol. The van der Waals surface area contributed by atoms with E-state index in [0.29, 0.717) is 6.04 Å². The summed E-state index contributed by atoms with van der Waals surface area (Å²) in [5.41, 5.74) is 2.03. The van der Waals surface area contributed by atoms with Crippen molar-refractivity contribution in [1.82, 2.24) is 4.90 Å². The monoisotopic (exact) mass is 334 g/mol. The number of carbonyl (C=O) groups is 1. The Morgan fingerprint density at radius 1 is 1.00 bits per heavy atom. The normalized spacial score (nSPS) is 16.4. The fourth-order valence-electron chi connectivity index (χ4n) is 3.82. The van der Waals surface area contributed by atoms with Crippen LogP contribution in [-0.4, -0.2) is 22.9 Å². The van der Waals surface area contributed by atoms with Gasteiger partial charge in [-0.05, 0) is 50.3 Å². The van der Waals surface area contributed by atoms with Crippen LogP contribution in [-0.2, 0) is 0 Å². The smallest absolute Gasteiger partial charge is 0.254 e. The Labute approximate surface area is 151 Å². The van der Waals surface area contributed by atoms with Gasteiger partial charge in [-0.15, -0.1) is 0 Å². The molecule has 3 rings (SSSR count). The number of rotatable bonds is 6. The minimum absolute atomic E-state index is 0.182. The van der Waals surface area contributed by atoms with Crippen molar-refractivity contribution in [2.75, 3.05) is 0 Å². The molecule has 2 heteroatoms. The molecule has 0 saturated heterocycles. The Morgan fingerprint density at radius 2 is 1.60 bits per heavy atom. The second kappa shape index (κ2) is 8.84. The third-order valence-corrected chi connectivity index (χ3v) is 5.19. The first-order valence-electron chi connectivity index (χ1n) is 9.51. The van der Waals surface area contributed by atoms with Crippen molar-refractivity contribution in [2.24, 2.45) is 0 Å². The summed E-state index contributed by atoms with van der Waals surface area (Å²) >= 11 is 0. The molecule has 1 aliphatic rings. The average Bonchev–Trinajstić information content (AvgIpc) is 2.69. The van der Waals surface area contributed by atoms with Crippen LogP contribution in [0.5, 0.6) is 0 Å². The van der Waals surface area contributed by atoms with Crippen LogP contribution in [0.2, 0.25) is 0 Å². The maximum atomic E-state index is 13.2. The molecule has 1 atom stereocenters. The molecule has 0 aliphatic heterocycles. The van der Waals surface area contributed by atoms with Crippen molar-refractivity contribution < 1.29 is 4.79 Å². The van der Waals surface area contributed by atoms with Crippen molar-refractivity contribution in [3.05, 3.63) is 78.2 Å². The minimum Gasteiger partial charge on any atom is -0.333 e. The lowest BCUT2D eigenvalue weighted by atomic mass is 9.91. The second-order valence-corrected chi connectivity index (χ2v) is 7.07. The molecule has 0 aromatic heterocycles. The van der Waals surface area contributed by atoms with E-state index in [4.69, 9.17) is 0 Å². The lowest BCUT2D eigenvalue weighted by Crippen LogP contribution is -2.47. The van der Waals surface area contributed by atoms with Crippen molar-refractivity contribution >= 4 is 5.91 Å². The molecule has 2 aromatic carbocycles. The van der Waals surface area contributed by atoms with Gasteiger partial charge < -0.3 is 4.90 Å². The van der Waals surface area contributed by atoms with E-state index in [2.05, 4.69) is 42.5 Å². The van der Waals surface area contributed by atoms with Gasteiger partial charge in [0.05, 0.1) is 0 Å². The summed E-state index contributed by atoms with van der Waals surface area (Å²) in [6, 6.07) is 20.7. The molecule has 2 nitrogen and oxygen atoms in total. The molecule has 1 saturated carbocycles. The third kappa shape index (κ3) is 4.72. The van der Waals surface area contributed by atoms with Crippen LogP contribution in [0.3, 0.4) is 0 Å². The van der Waals surface area contributed by atoms with Crippen LogP contribution < -0.4 is 0 Å². The molecule has 1 fully saturated rings. The van der Waals surface area contributed by atoms with E-state index in [1.807, 2.05) is 36.4 Å². The van der Waals surface area contributed by atoms with E-state index in [0.717, 1.165) is 24.8 Å². The molecule has 131 valence electrons. The Bertz CT molecular complexity index is 646. The number of hydrogen-bond acceptors (Lipinski definition) is 1. The number of benzene rings is 2. The van der Waals surface area contributed by atoms with E-state index in [1.165, 1.54) is 24.8 Å².